The van der Waals surface area contributed by atoms with Crippen LogP contribution in [0.1, 0.15) is 16.7 Å². The molecule has 0 radical (unpaired) electrons. The standard InChI is InChI=1S/C25H26N2O5/c1-17-20(25(31)32-22-15-19(28)14-21(29)24(17)22)16-23(30)27-12-10-26(11-13-27)9-5-8-18-6-3-2-4-7-18/h2-8,14-15,28-29H,9-13,16H2,1H3/b8-5+. The molecule has 1 aliphatic heterocycles. The number of amides is 1. The maximum absolute atomic E-state index is 12.9. The van der Waals surface area contributed by atoms with Gasteiger partial charge in [0.2, 0.25) is 5.91 Å². The van der Waals surface area contributed by atoms with E-state index < -0.39 is 5.63 Å². The Morgan fingerprint density at radius 3 is 2.53 bits per heavy atom. The molecule has 32 heavy (non-hydrogen) atoms. The third kappa shape index (κ3) is 4.68. The minimum Gasteiger partial charge on any atom is -0.508 e. The molecular weight excluding hydrogens is 408 g/mol. The quantitative estimate of drug-likeness (QED) is 0.600. The molecular formula is C25H26N2O5. The lowest BCUT2D eigenvalue weighted by atomic mass is 10.0. The summed E-state index contributed by atoms with van der Waals surface area (Å²) >= 11 is 0. The van der Waals surface area contributed by atoms with Crippen LogP contribution in [-0.2, 0) is 11.2 Å². The van der Waals surface area contributed by atoms with E-state index in [1.807, 2.05) is 18.2 Å². The smallest absolute Gasteiger partial charge is 0.340 e. The molecule has 0 atom stereocenters. The van der Waals surface area contributed by atoms with Crippen molar-refractivity contribution in [3.8, 4) is 11.5 Å². The molecule has 0 saturated carbocycles. The zero-order valence-corrected chi connectivity index (χ0v) is 18.0. The van der Waals surface area contributed by atoms with Gasteiger partial charge >= 0.3 is 5.63 Å². The molecule has 1 aromatic heterocycles. The number of rotatable bonds is 5. The second kappa shape index (κ2) is 9.28. The minimum absolute atomic E-state index is 0.0850. The summed E-state index contributed by atoms with van der Waals surface area (Å²) in [6, 6.07) is 12.6. The summed E-state index contributed by atoms with van der Waals surface area (Å²) in [6.07, 6.45) is 4.13. The molecule has 2 heterocycles. The molecule has 4 rings (SSSR count). The number of carbonyl (C=O) groups is 1. The zero-order chi connectivity index (χ0) is 22.7. The molecule has 3 aromatic rings. The molecule has 0 bridgehead atoms. The Morgan fingerprint density at radius 1 is 1.09 bits per heavy atom. The van der Waals surface area contributed by atoms with Gasteiger partial charge < -0.3 is 19.5 Å². The fraction of sp³-hybridized carbons (Fsp3) is 0.280. The van der Waals surface area contributed by atoms with Crippen molar-refractivity contribution in [1.29, 1.82) is 0 Å². The van der Waals surface area contributed by atoms with Crippen molar-refractivity contribution in [2.75, 3.05) is 32.7 Å². The predicted molar refractivity (Wildman–Crippen MR) is 123 cm³/mol. The first-order valence-corrected chi connectivity index (χ1v) is 10.6. The van der Waals surface area contributed by atoms with Gasteiger partial charge in [0.25, 0.3) is 0 Å². The number of hydrogen-bond donors (Lipinski definition) is 2. The average Bonchev–Trinajstić information content (AvgIpc) is 2.77. The van der Waals surface area contributed by atoms with Crippen molar-refractivity contribution in [3.63, 3.8) is 0 Å². The van der Waals surface area contributed by atoms with E-state index in [4.69, 9.17) is 4.42 Å². The number of hydrogen-bond acceptors (Lipinski definition) is 6. The molecule has 0 aliphatic carbocycles. The molecule has 1 amide bonds. The van der Waals surface area contributed by atoms with E-state index in [1.165, 1.54) is 12.1 Å². The van der Waals surface area contributed by atoms with Crippen LogP contribution in [0.15, 0.2) is 57.8 Å². The first kappa shape index (κ1) is 21.6. The Bertz CT molecular complexity index is 1210. The topological polar surface area (TPSA) is 94.2 Å². The maximum atomic E-state index is 12.9. The number of phenols is 2. The monoisotopic (exact) mass is 434 g/mol. The molecule has 7 heteroatoms. The number of nitrogens with zero attached hydrogens (tertiary/aromatic N) is 2. The zero-order valence-electron chi connectivity index (χ0n) is 18.0. The van der Waals surface area contributed by atoms with E-state index in [-0.39, 0.29) is 35.0 Å². The molecule has 2 N–H and O–H groups in total. The molecule has 1 aliphatic rings. The van der Waals surface area contributed by atoms with Gasteiger partial charge in [0.05, 0.1) is 17.4 Å². The van der Waals surface area contributed by atoms with Crippen molar-refractivity contribution < 1.29 is 19.4 Å². The van der Waals surface area contributed by atoms with Gasteiger partial charge in [-0.05, 0) is 18.1 Å². The fourth-order valence-corrected chi connectivity index (χ4v) is 4.06. The van der Waals surface area contributed by atoms with Crippen molar-refractivity contribution in [1.82, 2.24) is 9.80 Å². The van der Waals surface area contributed by atoms with E-state index in [1.54, 1.807) is 11.8 Å². The van der Waals surface area contributed by atoms with Crippen LogP contribution in [0, 0.1) is 6.92 Å². The third-order valence-corrected chi connectivity index (χ3v) is 5.87. The first-order valence-electron chi connectivity index (χ1n) is 10.6. The summed E-state index contributed by atoms with van der Waals surface area (Å²) in [5.41, 5.74) is 1.35. The summed E-state index contributed by atoms with van der Waals surface area (Å²) in [6.45, 7) is 5.20. The summed E-state index contributed by atoms with van der Waals surface area (Å²) in [4.78, 5) is 29.4. The van der Waals surface area contributed by atoms with Gasteiger partial charge in [-0.1, -0.05) is 42.5 Å². The molecule has 166 valence electrons. The maximum Gasteiger partial charge on any atom is 0.340 e. The van der Waals surface area contributed by atoms with Crippen molar-refractivity contribution in [2.24, 2.45) is 0 Å². The highest BCUT2D eigenvalue weighted by Gasteiger charge is 2.24. The van der Waals surface area contributed by atoms with Crippen LogP contribution < -0.4 is 5.63 Å². The number of carbonyl (C=O) groups excluding carboxylic acids is 1. The van der Waals surface area contributed by atoms with Gasteiger partial charge in [-0.2, -0.15) is 0 Å². The Morgan fingerprint density at radius 2 is 1.81 bits per heavy atom. The lowest BCUT2D eigenvalue weighted by Gasteiger charge is -2.34. The SMILES string of the molecule is Cc1c(CC(=O)N2CCN(C/C=C/c3ccccc3)CC2)c(=O)oc2cc(O)cc(O)c12. The van der Waals surface area contributed by atoms with Crippen molar-refractivity contribution in [2.45, 2.75) is 13.3 Å². The Labute approximate surface area is 185 Å². The van der Waals surface area contributed by atoms with Crippen LogP contribution in [0.5, 0.6) is 11.5 Å². The second-order valence-corrected chi connectivity index (χ2v) is 8.00. The van der Waals surface area contributed by atoms with Gasteiger partial charge in [-0.3, -0.25) is 9.69 Å². The molecule has 7 nitrogen and oxygen atoms in total. The van der Waals surface area contributed by atoms with Crippen LogP contribution in [-0.4, -0.2) is 58.6 Å². The third-order valence-electron chi connectivity index (χ3n) is 5.87. The Kier molecular flexibility index (Phi) is 6.28. The number of benzene rings is 2. The van der Waals surface area contributed by atoms with Gasteiger partial charge in [-0.25, -0.2) is 4.79 Å². The minimum atomic E-state index is -0.627. The summed E-state index contributed by atoms with van der Waals surface area (Å²) in [7, 11) is 0. The Hall–Kier alpha value is -3.58. The van der Waals surface area contributed by atoms with E-state index in [9.17, 15) is 19.8 Å². The van der Waals surface area contributed by atoms with Crippen LogP contribution in [0.4, 0.5) is 0 Å². The van der Waals surface area contributed by atoms with E-state index >= 15 is 0 Å². The molecule has 1 fully saturated rings. The number of aryl methyl sites for hydroxylation is 1. The summed E-state index contributed by atoms with van der Waals surface area (Å²) < 4.78 is 5.26. The van der Waals surface area contributed by atoms with E-state index in [0.29, 0.717) is 24.0 Å². The van der Waals surface area contributed by atoms with Crippen LogP contribution in [0.25, 0.3) is 17.0 Å². The highest BCUT2D eigenvalue weighted by molar-refractivity contribution is 5.90. The molecule has 0 unspecified atom stereocenters. The normalized spacial score (nSPS) is 15.0. The average molecular weight is 434 g/mol. The lowest BCUT2D eigenvalue weighted by Crippen LogP contribution is -2.49. The van der Waals surface area contributed by atoms with Crippen LogP contribution in [0.2, 0.25) is 0 Å². The largest absolute Gasteiger partial charge is 0.508 e. The van der Waals surface area contributed by atoms with Crippen LogP contribution >= 0.6 is 0 Å². The predicted octanol–water partition coefficient (Wildman–Crippen LogP) is 2.91. The summed E-state index contributed by atoms with van der Waals surface area (Å²) in [5, 5.41) is 20.1. The first-order chi connectivity index (χ1) is 15.4. The molecule has 1 saturated heterocycles. The van der Waals surface area contributed by atoms with Gasteiger partial charge in [-0.15, -0.1) is 0 Å². The lowest BCUT2D eigenvalue weighted by molar-refractivity contribution is -0.132. The molecule has 2 aromatic carbocycles. The highest BCUT2D eigenvalue weighted by Crippen LogP contribution is 2.32. The van der Waals surface area contributed by atoms with Crippen LogP contribution in [0.3, 0.4) is 0 Å². The van der Waals surface area contributed by atoms with Gasteiger partial charge in [0.1, 0.15) is 17.1 Å². The molecule has 0 spiro atoms. The van der Waals surface area contributed by atoms with E-state index in [0.717, 1.165) is 25.2 Å². The van der Waals surface area contributed by atoms with Crippen molar-refractivity contribution in [3.05, 3.63) is 75.7 Å². The number of piperazine rings is 1. The second-order valence-electron chi connectivity index (χ2n) is 8.00. The Balaban J connectivity index is 1.38. The van der Waals surface area contributed by atoms with Crippen molar-refractivity contribution >= 4 is 23.0 Å². The van der Waals surface area contributed by atoms with Gasteiger partial charge in [0.15, 0.2) is 0 Å². The van der Waals surface area contributed by atoms with Gasteiger partial charge in [0, 0.05) is 44.9 Å². The number of fused-ring (bicyclic) bond motifs is 1. The van der Waals surface area contributed by atoms with E-state index in [2.05, 4.69) is 29.2 Å². The highest BCUT2D eigenvalue weighted by atomic mass is 16.4. The number of phenolic OH excluding ortho intramolecular Hbond substituents is 2. The summed E-state index contributed by atoms with van der Waals surface area (Å²) in [5.74, 6) is -0.525. The fourth-order valence-electron chi connectivity index (χ4n) is 4.06. The number of aromatic hydroxyl groups is 2.